The summed E-state index contributed by atoms with van der Waals surface area (Å²) in [6.45, 7) is 3.69. The molecule has 5 heteroatoms. The van der Waals surface area contributed by atoms with Crippen molar-refractivity contribution in [3.63, 3.8) is 0 Å². The molecule has 1 rings (SSSR count). The molecule has 0 aromatic heterocycles. The summed E-state index contributed by atoms with van der Waals surface area (Å²) >= 11 is 0. The number of carboxylic acid groups (broad SMARTS) is 1. The Hall–Kier alpha value is -1.88. The highest BCUT2D eigenvalue weighted by atomic mass is 16.4. The van der Waals surface area contributed by atoms with Crippen molar-refractivity contribution in [2.75, 3.05) is 0 Å². The fourth-order valence-electron chi connectivity index (χ4n) is 1.56. The topological polar surface area (TPSA) is 92.4 Å². The Kier molecular flexibility index (Phi) is 4.44. The Bertz CT molecular complexity index is 459. The summed E-state index contributed by atoms with van der Waals surface area (Å²) < 4.78 is 0. The molecule has 0 radical (unpaired) electrons. The van der Waals surface area contributed by atoms with Crippen molar-refractivity contribution in [2.24, 2.45) is 5.73 Å². The van der Waals surface area contributed by atoms with E-state index in [1.165, 1.54) is 0 Å². The predicted molar refractivity (Wildman–Crippen MR) is 68.1 cm³/mol. The van der Waals surface area contributed by atoms with Gasteiger partial charge in [-0.05, 0) is 25.0 Å². The van der Waals surface area contributed by atoms with Gasteiger partial charge in [-0.2, -0.15) is 0 Å². The number of amides is 1. The van der Waals surface area contributed by atoms with Crippen LogP contribution in [0, 0.1) is 0 Å². The first-order valence-corrected chi connectivity index (χ1v) is 5.77. The van der Waals surface area contributed by atoms with E-state index in [-0.39, 0.29) is 6.54 Å². The molecule has 1 amide bonds. The largest absolute Gasteiger partial charge is 0.480 e. The number of carbonyl (C=O) groups is 2. The second-order valence-corrected chi connectivity index (χ2v) is 4.37. The number of carboxylic acids is 1. The van der Waals surface area contributed by atoms with E-state index in [0.29, 0.717) is 17.5 Å². The average molecular weight is 250 g/mol. The highest BCUT2D eigenvalue weighted by Gasteiger charge is 2.30. The van der Waals surface area contributed by atoms with Crippen LogP contribution in [-0.4, -0.2) is 22.5 Å². The van der Waals surface area contributed by atoms with E-state index >= 15 is 0 Å². The first-order chi connectivity index (χ1) is 8.40. The number of hydrogen-bond acceptors (Lipinski definition) is 3. The first kappa shape index (κ1) is 14.2. The Morgan fingerprint density at radius 1 is 1.39 bits per heavy atom. The number of primary amides is 1. The van der Waals surface area contributed by atoms with Crippen LogP contribution in [0.15, 0.2) is 24.3 Å². The van der Waals surface area contributed by atoms with Crippen molar-refractivity contribution in [1.82, 2.24) is 5.32 Å². The maximum atomic E-state index is 11.2. The lowest BCUT2D eigenvalue weighted by molar-refractivity contribution is -0.144. The van der Waals surface area contributed by atoms with E-state index in [1.807, 2.05) is 0 Å². The molecule has 0 aliphatic carbocycles. The van der Waals surface area contributed by atoms with E-state index < -0.39 is 17.4 Å². The van der Waals surface area contributed by atoms with Crippen LogP contribution in [0.2, 0.25) is 0 Å². The Balaban J connectivity index is 2.86. The van der Waals surface area contributed by atoms with Crippen molar-refractivity contribution in [3.8, 4) is 0 Å². The van der Waals surface area contributed by atoms with E-state index in [2.05, 4.69) is 5.32 Å². The second-order valence-electron chi connectivity index (χ2n) is 4.37. The lowest BCUT2D eigenvalue weighted by atomic mass is 9.98. The van der Waals surface area contributed by atoms with Gasteiger partial charge in [-0.15, -0.1) is 0 Å². The van der Waals surface area contributed by atoms with Crippen molar-refractivity contribution in [2.45, 2.75) is 32.4 Å². The predicted octanol–water partition coefficient (Wildman–Crippen LogP) is 1.13. The van der Waals surface area contributed by atoms with Gasteiger partial charge in [-0.3, -0.25) is 14.9 Å². The second kappa shape index (κ2) is 5.64. The molecule has 0 bridgehead atoms. The molecule has 0 saturated carbocycles. The quantitative estimate of drug-likeness (QED) is 0.705. The van der Waals surface area contributed by atoms with Crippen LogP contribution < -0.4 is 11.1 Å². The van der Waals surface area contributed by atoms with Gasteiger partial charge >= 0.3 is 5.97 Å². The van der Waals surface area contributed by atoms with Gasteiger partial charge < -0.3 is 10.8 Å². The summed E-state index contributed by atoms with van der Waals surface area (Å²) in [6, 6.07) is 6.89. The third kappa shape index (κ3) is 3.07. The molecule has 0 spiro atoms. The van der Waals surface area contributed by atoms with Gasteiger partial charge in [0.2, 0.25) is 5.91 Å². The van der Waals surface area contributed by atoms with Gasteiger partial charge in [-0.1, -0.05) is 25.1 Å². The van der Waals surface area contributed by atoms with Gasteiger partial charge in [0.25, 0.3) is 0 Å². The van der Waals surface area contributed by atoms with E-state index in [0.717, 1.165) is 0 Å². The van der Waals surface area contributed by atoms with Crippen LogP contribution in [0.1, 0.15) is 36.2 Å². The van der Waals surface area contributed by atoms with Crippen LogP contribution in [0.3, 0.4) is 0 Å². The van der Waals surface area contributed by atoms with Crippen molar-refractivity contribution < 1.29 is 14.7 Å². The zero-order chi connectivity index (χ0) is 13.8. The molecule has 18 heavy (non-hydrogen) atoms. The highest BCUT2D eigenvalue weighted by molar-refractivity contribution is 5.94. The monoisotopic (exact) mass is 250 g/mol. The van der Waals surface area contributed by atoms with Gasteiger partial charge in [0, 0.05) is 12.1 Å². The fraction of sp³-hybridized carbons (Fsp3) is 0.385. The van der Waals surface area contributed by atoms with Crippen LogP contribution in [0.4, 0.5) is 0 Å². The molecule has 1 atom stereocenters. The van der Waals surface area contributed by atoms with Gasteiger partial charge in [0.15, 0.2) is 0 Å². The smallest absolute Gasteiger partial charge is 0.323 e. The minimum absolute atomic E-state index is 0.287. The van der Waals surface area contributed by atoms with Crippen molar-refractivity contribution >= 4 is 11.9 Å². The molecule has 0 aliphatic rings. The summed E-state index contributed by atoms with van der Waals surface area (Å²) in [5, 5.41) is 12.1. The summed E-state index contributed by atoms with van der Waals surface area (Å²) in [7, 11) is 0. The molecule has 1 aromatic carbocycles. The van der Waals surface area contributed by atoms with Gasteiger partial charge in [-0.25, -0.2) is 0 Å². The Morgan fingerprint density at radius 2 is 2.00 bits per heavy atom. The summed E-state index contributed by atoms with van der Waals surface area (Å²) in [4.78, 5) is 22.4. The zero-order valence-corrected chi connectivity index (χ0v) is 10.6. The molecule has 1 aromatic rings. The SMILES string of the molecule is CCC(C)(NCc1ccccc1C(N)=O)C(=O)O. The number of hydrogen-bond donors (Lipinski definition) is 3. The number of benzene rings is 1. The fourth-order valence-corrected chi connectivity index (χ4v) is 1.56. The minimum atomic E-state index is -1.01. The average Bonchev–Trinajstić information content (AvgIpc) is 2.35. The molecule has 4 N–H and O–H groups in total. The molecule has 0 aliphatic heterocycles. The lowest BCUT2D eigenvalue weighted by Crippen LogP contribution is -2.48. The number of aliphatic carboxylic acids is 1. The summed E-state index contributed by atoms with van der Waals surface area (Å²) in [6.07, 6.45) is 0.446. The van der Waals surface area contributed by atoms with E-state index in [4.69, 9.17) is 10.8 Å². The number of rotatable bonds is 6. The third-order valence-electron chi connectivity index (χ3n) is 3.13. The van der Waals surface area contributed by atoms with Crippen LogP contribution in [0.5, 0.6) is 0 Å². The normalized spacial score (nSPS) is 13.9. The molecule has 0 fully saturated rings. The van der Waals surface area contributed by atoms with Crippen LogP contribution >= 0.6 is 0 Å². The number of carbonyl (C=O) groups excluding carboxylic acids is 1. The zero-order valence-electron chi connectivity index (χ0n) is 10.6. The molecule has 1 unspecified atom stereocenters. The molecule has 0 heterocycles. The molecule has 5 nitrogen and oxygen atoms in total. The molecular formula is C13H18N2O3. The highest BCUT2D eigenvalue weighted by Crippen LogP contribution is 2.13. The summed E-state index contributed by atoms with van der Waals surface area (Å²) in [5.41, 5.74) is 5.36. The van der Waals surface area contributed by atoms with Crippen molar-refractivity contribution in [1.29, 1.82) is 0 Å². The first-order valence-electron chi connectivity index (χ1n) is 5.77. The third-order valence-corrected chi connectivity index (χ3v) is 3.13. The van der Waals surface area contributed by atoms with Crippen LogP contribution in [-0.2, 0) is 11.3 Å². The van der Waals surface area contributed by atoms with Crippen LogP contribution in [0.25, 0.3) is 0 Å². The maximum Gasteiger partial charge on any atom is 0.323 e. The van der Waals surface area contributed by atoms with Gasteiger partial charge in [0.1, 0.15) is 5.54 Å². The molecule has 0 saturated heterocycles. The lowest BCUT2D eigenvalue weighted by Gasteiger charge is -2.25. The van der Waals surface area contributed by atoms with E-state index in [1.54, 1.807) is 38.1 Å². The molecule has 98 valence electrons. The molecular weight excluding hydrogens is 232 g/mol. The van der Waals surface area contributed by atoms with E-state index in [9.17, 15) is 9.59 Å². The minimum Gasteiger partial charge on any atom is -0.480 e. The Morgan fingerprint density at radius 3 is 2.50 bits per heavy atom. The number of nitrogens with two attached hydrogens (primary N) is 1. The van der Waals surface area contributed by atoms with Crippen molar-refractivity contribution in [3.05, 3.63) is 35.4 Å². The summed E-state index contributed by atoms with van der Waals surface area (Å²) in [5.74, 6) is -1.43. The Labute approximate surface area is 106 Å². The van der Waals surface area contributed by atoms with Gasteiger partial charge in [0.05, 0.1) is 0 Å². The maximum absolute atomic E-state index is 11.2. The standard InChI is InChI=1S/C13H18N2O3/c1-3-13(2,12(17)18)15-8-9-6-4-5-7-10(9)11(14)16/h4-7,15H,3,8H2,1-2H3,(H2,14,16)(H,17,18). The number of nitrogens with one attached hydrogen (secondary N) is 1.